The van der Waals surface area contributed by atoms with Crippen molar-refractivity contribution < 1.29 is 18.7 Å². The zero-order valence-corrected chi connectivity index (χ0v) is 16.5. The molecule has 2 aromatic rings. The van der Waals surface area contributed by atoms with Crippen LogP contribution in [0.5, 0.6) is 0 Å². The summed E-state index contributed by atoms with van der Waals surface area (Å²) >= 11 is 11.9. The summed E-state index contributed by atoms with van der Waals surface area (Å²) in [6, 6.07) is 11.3. The fourth-order valence-corrected chi connectivity index (χ4v) is 3.56. The summed E-state index contributed by atoms with van der Waals surface area (Å²) in [7, 11) is 0. The maximum absolute atomic E-state index is 13.8. The number of nitrogens with zero attached hydrogens (tertiary/aromatic N) is 2. The van der Waals surface area contributed by atoms with Gasteiger partial charge in [-0.1, -0.05) is 47.5 Å². The van der Waals surface area contributed by atoms with E-state index in [2.05, 4.69) is 4.90 Å². The lowest BCUT2D eigenvalue weighted by Gasteiger charge is -2.34. The number of esters is 1. The van der Waals surface area contributed by atoms with E-state index in [1.54, 1.807) is 29.2 Å². The van der Waals surface area contributed by atoms with Crippen LogP contribution in [0.25, 0.3) is 0 Å². The van der Waals surface area contributed by atoms with Crippen LogP contribution in [-0.2, 0) is 16.1 Å². The summed E-state index contributed by atoms with van der Waals surface area (Å²) in [6.45, 7) is 2.31. The van der Waals surface area contributed by atoms with Gasteiger partial charge in [-0.15, -0.1) is 0 Å². The normalized spacial score (nSPS) is 14.8. The van der Waals surface area contributed by atoms with E-state index in [9.17, 15) is 14.0 Å². The van der Waals surface area contributed by atoms with Gasteiger partial charge in [-0.05, 0) is 18.2 Å². The molecule has 1 heterocycles. The van der Waals surface area contributed by atoms with Crippen LogP contribution in [0.15, 0.2) is 42.5 Å². The second kappa shape index (κ2) is 9.37. The van der Waals surface area contributed by atoms with Crippen LogP contribution in [-0.4, -0.2) is 54.5 Å². The molecule has 1 saturated heterocycles. The standard InChI is InChI=1S/C20H19Cl2FN2O3/c21-15-5-3-6-16(22)19(15)20(27)28-13-18(26)25-10-8-24(9-11-25)12-14-4-1-2-7-17(14)23/h1-7H,8-13H2. The van der Waals surface area contributed by atoms with E-state index in [4.69, 9.17) is 27.9 Å². The number of carbonyl (C=O) groups excluding carboxylic acids is 2. The second-order valence-corrected chi connectivity index (χ2v) is 7.24. The van der Waals surface area contributed by atoms with Crippen molar-refractivity contribution in [3.63, 3.8) is 0 Å². The Morgan fingerprint density at radius 2 is 1.61 bits per heavy atom. The summed E-state index contributed by atoms with van der Waals surface area (Å²) in [6.07, 6.45) is 0. The van der Waals surface area contributed by atoms with E-state index in [0.717, 1.165) is 0 Å². The predicted molar refractivity (Wildman–Crippen MR) is 105 cm³/mol. The topological polar surface area (TPSA) is 49.9 Å². The molecule has 1 aliphatic heterocycles. The van der Waals surface area contributed by atoms with Crippen LogP contribution in [0, 0.1) is 5.82 Å². The molecule has 28 heavy (non-hydrogen) atoms. The summed E-state index contributed by atoms with van der Waals surface area (Å²) < 4.78 is 18.8. The van der Waals surface area contributed by atoms with Crippen LogP contribution in [0.2, 0.25) is 10.0 Å². The molecule has 5 nitrogen and oxygen atoms in total. The molecule has 1 amide bonds. The average molecular weight is 425 g/mol. The largest absolute Gasteiger partial charge is 0.452 e. The Morgan fingerprint density at radius 3 is 2.25 bits per heavy atom. The first-order valence-electron chi connectivity index (χ1n) is 8.80. The molecule has 0 aromatic heterocycles. The summed E-state index contributed by atoms with van der Waals surface area (Å²) in [5.74, 6) is -1.25. The van der Waals surface area contributed by atoms with Crippen molar-refractivity contribution in [2.24, 2.45) is 0 Å². The summed E-state index contributed by atoms with van der Waals surface area (Å²) in [4.78, 5) is 28.2. The number of hydrogen-bond donors (Lipinski definition) is 0. The number of benzene rings is 2. The molecule has 0 saturated carbocycles. The number of amides is 1. The number of halogens is 3. The van der Waals surface area contributed by atoms with Crippen molar-refractivity contribution in [2.45, 2.75) is 6.54 Å². The van der Waals surface area contributed by atoms with Crippen LogP contribution in [0.1, 0.15) is 15.9 Å². The van der Waals surface area contributed by atoms with E-state index in [1.165, 1.54) is 18.2 Å². The number of ether oxygens (including phenoxy) is 1. The van der Waals surface area contributed by atoms with Gasteiger partial charge in [0.1, 0.15) is 5.82 Å². The number of rotatable bonds is 5. The van der Waals surface area contributed by atoms with Gasteiger partial charge in [-0.3, -0.25) is 9.69 Å². The van der Waals surface area contributed by atoms with Gasteiger partial charge in [0.15, 0.2) is 6.61 Å². The van der Waals surface area contributed by atoms with Crippen molar-refractivity contribution in [1.29, 1.82) is 0 Å². The van der Waals surface area contributed by atoms with Crippen molar-refractivity contribution in [2.75, 3.05) is 32.8 Å². The molecule has 0 atom stereocenters. The minimum absolute atomic E-state index is 0.0494. The number of carbonyl (C=O) groups is 2. The Morgan fingerprint density at radius 1 is 0.964 bits per heavy atom. The minimum atomic E-state index is -0.734. The third kappa shape index (κ3) is 5.01. The molecule has 2 aromatic carbocycles. The second-order valence-electron chi connectivity index (χ2n) is 6.42. The molecule has 0 bridgehead atoms. The summed E-state index contributed by atoms with van der Waals surface area (Å²) in [5, 5.41) is 0.346. The monoisotopic (exact) mass is 424 g/mol. The van der Waals surface area contributed by atoms with E-state index in [1.807, 2.05) is 0 Å². The molecule has 3 rings (SSSR count). The van der Waals surface area contributed by atoms with E-state index in [0.29, 0.717) is 38.3 Å². The Kier molecular flexibility index (Phi) is 6.88. The Labute approximate surface area is 172 Å². The highest BCUT2D eigenvalue weighted by Crippen LogP contribution is 2.25. The van der Waals surface area contributed by atoms with Crippen LogP contribution in [0.4, 0.5) is 4.39 Å². The fraction of sp³-hybridized carbons (Fsp3) is 0.300. The van der Waals surface area contributed by atoms with E-state index < -0.39 is 5.97 Å². The molecular formula is C20H19Cl2FN2O3. The van der Waals surface area contributed by atoms with E-state index >= 15 is 0 Å². The van der Waals surface area contributed by atoms with Crippen molar-refractivity contribution in [1.82, 2.24) is 9.80 Å². The first kappa shape index (κ1) is 20.6. The molecule has 0 unspecified atom stereocenters. The highest BCUT2D eigenvalue weighted by molar-refractivity contribution is 6.39. The van der Waals surface area contributed by atoms with Crippen LogP contribution < -0.4 is 0 Å². The SMILES string of the molecule is O=C(OCC(=O)N1CCN(Cc2ccccc2F)CC1)c1c(Cl)cccc1Cl. The highest BCUT2D eigenvalue weighted by atomic mass is 35.5. The van der Waals surface area contributed by atoms with Crippen LogP contribution in [0.3, 0.4) is 0 Å². The predicted octanol–water partition coefficient (Wildman–Crippen LogP) is 3.63. The minimum Gasteiger partial charge on any atom is -0.452 e. The molecule has 0 N–H and O–H groups in total. The molecular weight excluding hydrogens is 406 g/mol. The molecule has 1 fully saturated rings. The van der Waals surface area contributed by atoms with Gasteiger partial charge in [0.05, 0.1) is 15.6 Å². The first-order valence-corrected chi connectivity index (χ1v) is 9.56. The number of piperazine rings is 1. The van der Waals surface area contributed by atoms with Crippen molar-refractivity contribution in [3.05, 3.63) is 69.5 Å². The maximum Gasteiger partial charge on any atom is 0.341 e. The lowest BCUT2D eigenvalue weighted by atomic mass is 10.2. The fourth-order valence-electron chi connectivity index (χ4n) is 3.01. The maximum atomic E-state index is 13.8. The lowest BCUT2D eigenvalue weighted by Crippen LogP contribution is -2.49. The molecule has 0 radical (unpaired) electrons. The van der Waals surface area contributed by atoms with Gasteiger partial charge in [0.25, 0.3) is 5.91 Å². The van der Waals surface area contributed by atoms with Gasteiger partial charge < -0.3 is 9.64 Å². The van der Waals surface area contributed by atoms with Crippen molar-refractivity contribution >= 4 is 35.1 Å². The Bertz CT molecular complexity index is 850. The molecule has 8 heteroatoms. The third-order valence-electron chi connectivity index (χ3n) is 4.57. The Balaban J connectivity index is 1.48. The zero-order chi connectivity index (χ0) is 20.1. The van der Waals surface area contributed by atoms with Gasteiger partial charge in [0.2, 0.25) is 0 Å². The molecule has 0 aliphatic carbocycles. The van der Waals surface area contributed by atoms with Gasteiger partial charge >= 0.3 is 5.97 Å². The van der Waals surface area contributed by atoms with Gasteiger partial charge in [0, 0.05) is 38.3 Å². The Hall–Kier alpha value is -2.15. The zero-order valence-electron chi connectivity index (χ0n) is 15.0. The summed E-state index contributed by atoms with van der Waals surface area (Å²) in [5.41, 5.74) is 0.682. The third-order valence-corrected chi connectivity index (χ3v) is 5.20. The highest BCUT2D eigenvalue weighted by Gasteiger charge is 2.24. The smallest absolute Gasteiger partial charge is 0.341 e. The molecule has 0 spiro atoms. The first-order chi connectivity index (χ1) is 13.5. The number of hydrogen-bond acceptors (Lipinski definition) is 4. The van der Waals surface area contributed by atoms with Gasteiger partial charge in [-0.2, -0.15) is 0 Å². The molecule has 1 aliphatic rings. The average Bonchev–Trinajstić information content (AvgIpc) is 2.68. The van der Waals surface area contributed by atoms with Gasteiger partial charge in [-0.25, -0.2) is 9.18 Å². The lowest BCUT2D eigenvalue weighted by molar-refractivity contribution is -0.136. The van der Waals surface area contributed by atoms with Crippen molar-refractivity contribution in [3.8, 4) is 0 Å². The van der Waals surface area contributed by atoms with E-state index in [-0.39, 0.29) is 33.9 Å². The quantitative estimate of drug-likeness (QED) is 0.687. The molecule has 148 valence electrons. The van der Waals surface area contributed by atoms with Crippen LogP contribution >= 0.6 is 23.2 Å².